The number of nitrogens with zero attached hydrogens (tertiary/aromatic N) is 4. The van der Waals surface area contributed by atoms with E-state index in [0.717, 1.165) is 66.8 Å². The first-order valence-electron chi connectivity index (χ1n) is 19.2. The number of fused-ring (bicyclic) bond motifs is 3. The van der Waals surface area contributed by atoms with Crippen molar-refractivity contribution in [1.29, 1.82) is 0 Å². The van der Waals surface area contributed by atoms with Gasteiger partial charge in [0.2, 0.25) is 0 Å². The first-order chi connectivity index (χ1) is 28.3. The van der Waals surface area contributed by atoms with Gasteiger partial charge in [0.1, 0.15) is 0 Å². The van der Waals surface area contributed by atoms with Crippen LogP contribution in [0.25, 0.3) is 66.8 Å². The molecule has 0 saturated carbocycles. The van der Waals surface area contributed by atoms with E-state index in [1.54, 1.807) is 0 Å². The molecule has 4 aromatic heterocycles. The Morgan fingerprint density at radius 2 is 0.667 bits per heavy atom. The van der Waals surface area contributed by atoms with Gasteiger partial charge in [-0.25, -0.2) is 9.97 Å². The van der Waals surface area contributed by atoms with E-state index in [2.05, 4.69) is 164 Å². The maximum Gasteiger partial charge on any atom is 0.179 e. The summed E-state index contributed by atoms with van der Waals surface area (Å²) in [6, 6.07) is 73.6. The Morgan fingerprint density at radius 3 is 1.07 bits per heavy atom. The molecule has 5 heteroatoms. The molecule has 10 aromatic rings. The third-order valence-electron chi connectivity index (χ3n) is 10.9. The number of benzene rings is 6. The zero-order valence-electron chi connectivity index (χ0n) is 31.1. The van der Waals surface area contributed by atoms with Gasteiger partial charge in [-0.2, -0.15) is 0 Å². The van der Waals surface area contributed by atoms with Crippen molar-refractivity contribution in [3.8, 4) is 45.0 Å². The van der Waals surface area contributed by atoms with Gasteiger partial charge in [-0.3, -0.25) is 9.97 Å². The van der Waals surface area contributed by atoms with E-state index in [4.69, 9.17) is 19.9 Å². The zero-order valence-corrected chi connectivity index (χ0v) is 32.1. The molecule has 0 spiro atoms. The summed E-state index contributed by atoms with van der Waals surface area (Å²) in [7, 11) is -2.69. The molecule has 6 aromatic carbocycles. The lowest BCUT2D eigenvalue weighted by molar-refractivity contribution is 1.26. The molecule has 0 atom stereocenters. The van der Waals surface area contributed by atoms with Crippen LogP contribution in [0, 0.1) is 0 Å². The summed E-state index contributed by atoms with van der Waals surface area (Å²) in [6.45, 7) is 0. The second kappa shape index (κ2) is 14.7. The number of pyridine rings is 4. The molecule has 0 radical (unpaired) electrons. The number of hydrogen-bond acceptors (Lipinski definition) is 4. The van der Waals surface area contributed by atoms with Crippen LogP contribution in [0.3, 0.4) is 0 Å². The number of hydrogen-bond donors (Lipinski definition) is 0. The van der Waals surface area contributed by atoms with Crippen LogP contribution < -0.4 is 20.7 Å². The van der Waals surface area contributed by atoms with Crippen molar-refractivity contribution >= 4 is 50.6 Å². The van der Waals surface area contributed by atoms with E-state index in [1.165, 1.54) is 20.7 Å². The number of rotatable bonds is 8. The zero-order chi connectivity index (χ0) is 38.0. The highest BCUT2D eigenvalue weighted by atomic mass is 28.3. The van der Waals surface area contributed by atoms with Gasteiger partial charge in [-0.05, 0) is 79.4 Å². The van der Waals surface area contributed by atoms with E-state index < -0.39 is 8.07 Å². The summed E-state index contributed by atoms with van der Waals surface area (Å²) in [4.78, 5) is 20.2. The minimum absolute atomic E-state index is 0.794. The van der Waals surface area contributed by atoms with Crippen LogP contribution in [-0.2, 0) is 0 Å². The fourth-order valence-corrected chi connectivity index (χ4v) is 13.1. The Morgan fingerprint density at radius 1 is 0.298 bits per heavy atom. The van der Waals surface area contributed by atoms with Crippen LogP contribution in [-0.4, -0.2) is 28.0 Å². The molecule has 57 heavy (non-hydrogen) atoms. The van der Waals surface area contributed by atoms with E-state index in [-0.39, 0.29) is 0 Å². The van der Waals surface area contributed by atoms with Crippen LogP contribution >= 0.6 is 0 Å². The Kier molecular flexibility index (Phi) is 8.82. The fraction of sp³-hybridized carbons (Fsp3) is 0. The third kappa shape index (κ3) is 6.11. The Labute approximate surface area is 332 Å². The van der Waals surface area contributed by atoms with Crippen molar-refractivity contribution in [1.82, 2.24) is 19.9 Å². The molecule has 0 aliphatic rings. The van der Waals surface area contributed by atoms with Gasteiger partial charge in [-0.15, -0.1) is 0 Å². The molecule has 0 bridgehead atoms. The smallest absolute Gasteiger partial charge is 0.179 e. The van der Waals surface area contributed by atoms with Crippen molar-refractivity contribution in [2.45, 2.75) is 0 Å². The predicted molar refractivity (Wildman–Crippen MR) is 238 cm³/mol. The van der Waals surface area contributed by atoms with Gasteiger partial charge in [0.15, 0.2) is 8.07 Å². The van der Waals surface area contributed by atoms with E-state index in [9.17, 15) is 0 Å². The quantitative estimate of drug-likeness (QED) is 0.0884. The van der Waals surface area contributed by atoms with Crippen molar-refractivity contribution in [2.75, 3.05) is 0 Å². The fourth-order valence-electron chi connectivity index (χ4n) is 8.33. The maximum absolute atomic E-state index is 5.37. The first-order valence-corrected chi connectivity index (χ1v) is 21.2. The highest BCUT2D eigenvalue weighted by Gasteiger charge is 2.41. The summed E-state index contributed by atoms with van der Waals surface area (Å²) in [5.74, 6) is 0. The summed E-state index contributed by atoms with van der Waals surface area (Å²) >= 11 is 0. The van der Waals surface area contributed by atoms with E-state index in [1.807, 2.05) is 54.9 Å². The standard InChI is InChI=1S/C52H36N4Si/c1-5-17-37(18-6-1)45-35-49(47-25-13-15-33-53-47)55-51-43(45)31-32-44-46(36-50(56-52(44)51)48-26-14-16-34-54-48)38-27-29-42(30-28-38)57(39-19-7-2-8-20-39,40-21-9-3-10-22-40)41-23-11-4-12-24-41/h1-36H. The molecule has 0 N–H and O–H groups in total. The normalized spacial score (nSPS) is 11.5. The van der Waals surface area contributed by atoms with Gasteiger partial charge >= 0.3 is 0 Å². The van der Waals surface area contributed by atoms with Gasteiger partial charge in [0.25, 0.3) is 0 Å². The third-order valence-corrected chi connectivity index (χ3v) is 15.7. The molecule has 268 valence electrons. The molecule has 0 aliphatic carbocycles. The van der Waals surface area contributed by atoms with Crippen LogP contribution in [0.15, 0.2) is 219 Å². The lowest BCUT2D eigenvalue weighted by Gasteiger charge is -2.34. The summed E-state index contributed by atoms with van der Waals surface area (Å²) < 4.78 is 0. The maximum atomic E-state index is 5.37. The minimum atomic E-state index is -2.69. The predicted octanol–water partition coefficient (Wildman–Crippen LogP) is 9.62. The molecular weight excluding hydrogens is 709 g/mol. The summed E-state index contributed by atoms with van der Waals surface area (Å²) in [5, 5.41) is 7.41. The SMILES string of the molecule is c1ccc(-c2cc(-c3ccccn3)nc3c2ccc2c(-c4ccc([Si](c5ccccc5)(c5ccccc5)c5ccccc5)cc4)cc(-c4ccccn4)nc23)cc1. The van der Waals surface area contributed by atoms with Crippen molar-refractivity contribution in [3.05, 3.63) is 219 Å². The Bertz CT molecular complexity index is 2870. The summed E-state index contributed by atoms with van der Waals surface area (Å²) in [5.41, 5.74) is 9.24. The van der Waals surface area contributed by atoms with Crippen LogP contribution in [0.4, 0.5) is 0 Å². The second-order valence-electron chi connectivity index (χ2n) is 14.2. The molecule has 0 amide bonds. The molecule has 4 nitrogen and oxygen atoms in total. The van der Waals surface area contributed by atoms with Crippen molar-refractivity contribution in [3.63, 3.8) is 0 Å². The Hall–Kier alpha value is -7.34. The highest BCUT2D eigenvalue weighted by Crippen LogP contribution is 2.39. The molecule has 10 rings (SSSR count). The van der Waals surface area contributed by atoms with Gasteiger partial charge in [0.05, 0.1) is 33.8 Å². The second-order valence-corrected chi connectivity index (χ2v) is 18.0. The molecular formula is C52H36N4Si. The van der Waals surface area contributed by atoms with Crippen LogP contribution in [0.2, 0.25) is 0 Å². The summed E-state index contributed by atoms with van der Waals surface area (Å²) in [6.07, 6.45) is 3.64. The van der Waals surface area contributed by atoms with Crippen LogP contribution in [0.1, 0.15) is 0 Å². The highest BCUT2D eigenvalue weighted by molar-refractivity contribution is 7.19. The van der Waals surface area contributed by atoms with E-state index >= 15 is 0 Å². The van der Waals surface area contributed by atoms with Crippen LogP contribution in [0.5, 0.6) is 0 Å². The molecule has 4 heterocycles. The number of aromatic nitrogens is 4. The van der Waals surface area contributed by atoms with Crippen molar-refractivity contribution < 1.29 is 0 Å². The van der Waals surface area contributed by atoms with Crippen molar-refractivity contribution in [2.24, 2.45) is 0 Å². The Balaban J connectivity index is 1.23. The van der Waals surface area contributed by atoms with E-state index in [0.29, 0.717) is 0 Å². The molecule has 0 fully saturated rings. The topological polar surface area (TPSA) is 51.6 Å². The first kappa shape index (κ1) is 34.2. The monoisotopic (exact) mass is 744 g/mol. The largest absolute Gasteiger partial charge is 0.255 e. The molecule has 0 saturated heterocycles. The minimum Gasteiger partial charge on any atom is -0.255 e. The average molecular weight is 745 g/mol. The van der Waals surface area contributed by atoms with Gasteiger partial charge in [-0.1, -0.05) is 170 Å². The van der Waals surface area contributed by atoms with Gasteiger partial charge in [0, 0.05) is 23.2 Å². The average Bonchev–Trinajstić information content (AvgIpc) is 3.30. The lowest BCUT2D eigenvalue weighted by Crippen LogP contribution is -2.74. The molecule has 0 unspecified atom stereocenters. The van der Waals surface area contributed by atoms with Gasteiger partial charge < -0.3 is 0 Å². The molecule has 0 aliphatic heterocycles. The lowest BCUT2D eigenvalue weighted by atomic mass is 9.94.